The van der Waals surface area contributed by atoms with Gasteiger partial charge in [-0.3, -0.25) is 19.8 Å². The summed E-state index contributed by atoms with van der Waals surface area (Å²) in [6.45, 7) is 6.99. The Morgan fingerprint density at radius 1 is 0.773 bits per heavy atom. The third-order valence-corrected chi connectivity index (χ3v) is 4.90. The van der Waals surface area contributed by atoms with E-state index in [2.05, 4.69) is 31.9 Å². The molecule has 4 heteroatoms. The molecule has 22 heavy (non-hydrogen) atoms. The average Bonchev–Trinajstić information content (AvgIpc) is 3.07. The highest BCUT2D eigenvalue weighted by Crippen LogP contribution is 2.32. The fourth-order valence-corrected chi connectivity index (χ4v) is 3.95. The summed E-state index contributed by atoms with van der Waals surface area (Å²) in [4.78, 5) is 13.6. The number of hydrogen-bond acceptors (Lipinski definition) is 4. The Morgan fingerprint density at radius 2 is 1.23 bits per heavy atom. The van der Waals surface area contributed by atoms with Crippen LogP contribution in [0.3, 0.4) is 0 Å². The van der Waals surface area contributed by atoms with E-state index in [1.54, 1.807) is 0 Å². The summed E-state index contributed by atoms with van der Waals surface area (Å²) in [5, 5.41) is 0. The smallest absolute Gasteiger partial charge is 0.0312 e. The molecule has 0 bridgehead atoms. The second kappa shape index (κ2) is 6.15. The van der Waals surface area contributed by atoms with Crippen molar-refractivity contribution in [2.75, 3.05) is 26.2 Å². The van der Waals surface area contributed by atoms with E-state index < -0.39 is 0 Å². The summed E-state index contributed by atoms with van der Waals surface area (Å²) < 4.78 is 0. The highest BCUT2D eigenvalue weighted by atomic mass is 15.2. The minimum Gasteiger partial charge on any atom is -0.298 e. The van der Waals surface area contributed by atoms with Crippen LogP contribution in [-0.2, 0) is 13.1 Å². The van der Waals surface area contributed by atoms with Crippen LogP contribution >= 0.6 is 0 Å². The van der Waals surface area contributed by atoms with Gasteiger partial charge in [0.1, 0.15) is 0 Å². The molecule has 0 aromatic carbocycles. The largest absolute Gasteiger partial charge is 0.298 e. The summed E-state index contributed by atoms with van der Waals surface area (Å²) >= 11 is 0. The van der Waals surface area contributed by atoms with E-state index in [4.69, 9.17) is 0 Å². The van der Waals surface area contributed by atoms with Crippen LogP contribution in [0.4, 0.5) is 0 Å². The zero-order valence-electron chi connectivity index (χ0n) is 12.8. The molecule has 2 aromatic heterocycles. The Morgan fingerprint density at radius 3 is 1.59 bits per heavy atom. The molecule has 0 spiro atoms. The molecule has 2 aliphatic rings. The summed E-state index contributed by atoms with van der Waals surface area (Å²) in [6, 6.07) is 8.41. The number of aromatic nitrogens is 2. The van der Waals surface area contributed by atoms with Crippen LogP contribution < -0.4 is 0 Å². The molecule has 0 N–H and O–H groups in total. The quantitative estimate of drug-likeness (QED) is 0.864. The van der Waals surface area contributed by atoms with Crippen molar-refractivity contribution < 1.29 is 0 Å². The molecule has 114 valence electrons. The van der Waals surface area contributed by atoms with Crippen molar-refractivity contribution in [2.45, 2.75) is 13.1 Å². The molecule has 0 radical (unpaired) electrons. The summed E-state index contributed by atoms with van der Waals surface area (Å²) in [6.07, 6.45) is 7.67. The highest BCUT2D eigenvalue weighted by molar-refractivity contribution is 5.11. The van der Waals surface area contributed by atoms with Crippen LogP contribution in [-0.4, -0.2) is 45.9 Å². The number of likely N-dealkylation sites (tertiary alicyclic amines) is 2. The molecule has 4 rings (SSSR count). The maximum absolute atomic E-state index is 4.22. The predicted octanol–water partition coefficient (Wildman–Crippen LogP) is 2.04. The Labute approximate surface area is 131 Å². The molecule has 2 aliphatic heterocycles. The second-order valence-electron chi connectivity index (χ2n) is 6.63. The molecule has 0 saturated carbocycles. The minimum atomic E-state index is 0.827. The van der Waals surface area contributed by atoms with Gasteiger partial charge in [0.25, 0.3) is 0 Å². The normalized spacial score (nSPS) is 25.5. The van der Waals surface area contributed by atoms with Gasteiger partial charge in [0.15, 0.2) is 0 Å². The van der Waals surface area contributed by atoms with E-state index in [1.807, 2.05) is 36.9 Å². The minimum absolute atomic E-state index is 0.827. The summed E-state index contributed by atoms with van der Waals surface area (Å²) in [5.41, 5.74) is 2.66. The van der Waals surface area contributed by atoms with Gasteiger partial charge >= 0.3 is 0 Å². The number of rotatable bonds is 4. The van der Waals surface area contributed by atoms with Gasteiger partial charge in [0.05, 0.1) is 0 Å². The van der Waals surface area contributed by atoms with Gasteiger partial charge in [0, 0.05) is 64.1 Å². The van der Waals surface area contributed by atoms with Crippen molar-refractivity contribution in [1.82, 2.24) is 19.8 Å². The number of hydrogen-bond donors (Lipinski definition) is 0. The lowest BCUT2D eigenvalue weighted by Gasteiger charge is -2.21. The van der Waals surface area contributed by atoms with Crippen LogP contribution in [0.5, 0.6) is 0 Å². The van der Waals surface area contributed by atoms with Gasteiger partial charge in [-0.1, -0.05) is 12.1 Å². The third kappa shape index (κ3) is 3.03. The standard InChI is InChI=1S/C18H22N4/c1-3-15(7-19-5-1)9-21-11-17-13-22(14-18(17)12-21)10-16-4-2-6-20-8-16/h1-8,17-18H,9-14H2. The lowest BCUT2D eigenvalue weighted by molar-refractivity contribution is 0.246. The topological polar surface area (TPSA) is 32.3 Å². The van der Waals surface area contributed by atoms with Gasteiger partial charge < -0.3 is 0 Å². The van der Waals surface area contributed by atoms with Crippen molar-refractivity contribution in [1.29, 1.82) is 0 Å². The Balaban J connectivity index is 1.31. The van der Waals surface area contributed by atoms with Crippen LogP contribution in [0.1, 0.15) is 11.1 Å². The molecule has 0 atom stereocenters. The van der Waals surface area contributed by atoms with E-state index in [0.717, 1.165) is 24.9 Å². The van der Waals surface area contributed by atoms with Crippen molar-refractivity contribution in [3.8, 4) is 0 Å². The first-order chi connectivity index (χ1) is 10.9. The van der Waals surface area contributed by atoms with Gasteiger partial charge in [-0.15, -0.1) is 0 Å². The maximum Gasteiger partial charge on any atom is 0.0312 e. The molecule has 2 aromatic rings. The molecular formula is C18H22N4. The Hall–Kier alpha value is -1.78. The Bertz CT molecular complexity index is 533. The van der Waals surface area contributed by atoms with Crippen molar-refractivity contribution in [2.24, 2.45) is 11.8 Å². The van der Waals surface area contributed by atoms with Crippen LogP contribution in [0.25, 0.3) is 0 Å². The van der Waals surface area contributed by atoms with Crippen molar-refractivity contribution in [3.63, 3.8) is 0 Å². The fraction of sp³-hybridized carbons (Fsp3) is 0.444. The predicted molar refractivity (Wildman–Crippen MR) is 86.0 cm³/mol. The summed E-state index contributed by atoms with van der Waals surface area (Å²) in [7, 11) is 0. The van der Waals surface area contributed by atoms with Gasteiger partial charge in [-0.25, -0.2) is 0 Å². The first-order valence-electron chi connectivity index (χ1n) is 8.09. The van der Waals surface area contributed by atoms with E-state index in [1.165, 1.54) is 37.3 Å². The molecule has 0 unspecified atom stereocenters. The monoisotopic (exact) mass is 294 g/mol. The molecule has 0 aliphatic carbocycles. The van der Waals surface area contributed by atoms with E-state index in [9.17, 15) is 0 Å². The van der Waals surface area contributed by atoms with Gasteiger partial charge in [-0.2, -0.15) is 0 Å². The molecule has 2 fully saturated rings. The number of pyridine rings is 2. The number of fused-ring (bicyclic) bond motifs is 1. The lowest BCUT2D eigenvalue weighted by Crippen LogP contribution is -2.28. The van der Waals surface area contributed by atoms with E-state index in [-0.39, 0.29) is 0 Å². The maximum atomic E-state index is 4.22. The molecule has 2 saturated heterocycles. The molecular weight excluding hydrogens is 272 g/mol. The SMILES string of the molecule is c1cncc(CN2CC3CN(Cc4cccnc4)CC3C2)c1. The van der Waals surface area contributed by atoms with Gasteiger partial charge in [0.2, 0.25) is 0 Å². The molecule has 4 heterocycles. The van der Waals surface area contributed by atoms with Crippen molar-refractivity contribution >= 4 is 0 Å². The van der Waals surface area contributed by atoms with Gasteiger partial charge in [-0.05, 0) is 35.1 Å². The zero-order valence-corrected chi connectivity index (χ0v) is 12.8. The molecule has 4 nitrogen and oxygen atoms in total. The average molecular weight is 294 g/mol. The summed E-state index contributed by atoms with van der Waals surface area (Å²) in [5.74, 6) is 1.65. The highest BCUT2D eigenvalue weighted by Gasteiger charge is 2.39. The zero-order chi connectivity index (χ0) is 14.8. The Kier molecular flexibility index (Phi) is 3.87. The first kappa shape index (κ1) is 13.9. The first-order valence-corrected chi connectivity index (χ1v) is 8.09. The van der Waals surface area contributed by atoms with Crippen LogP contribution in [0.2, 0.25) is 0 Å². The van der Waals surface area contributed by atoms with E-state index >= 15 is 0 Å². The number of nitrogens with zero attached hydrogens (tertiary/aromatic N) is 4. The van der Waals surface area contributed by atoms with Crippen LogP contribution in [0.15, 0.2) is 49.1 Å². The third-order valence-electron chi connectivity index (χ3n) is 4.90. The van der Waals surface area contributed by atoms with Crippen LogP contribution in [0, 0.1) is 11.8 Å². The van der Waals surface area contributed by atoms with E-state index in [0.29, 0.717) is 0 Å². The second-order valence-corrected chi connectivity index (χ2v) is 6.63. The fourth-order valence-electron chi connectivity index (χ4n) is 3.95. The molecule has 0 amide bonds. The van der Waals surface area contributed by atoms with Crippen molar-refractivity contribution in [3.05, 3.63) is 60.2 Å². The lowest BCUT2D eigenvalue weighted by atomic mass is 10.0.